The van der Waals surface area contributed by atoms with Crippen molar-refractivity contribution in [3.8, 4) is 0 Å². The molecule has 0 radical (unpaired) electrons. The Morgan fingerprint density at radius 3 is 2.17 bits per heavy atom. The van der Waals surface area contributed by atoms with E-state index in [1.54, 1.807) is 24.3 Å². The molecule has 0 saturated heterocycles. The van der Waals surface area contributed by atoms with Crippen molar-refractivity contribution >= 4 is 23.7 Å². The number of nitrogens with one attached hydrogen (secondary N) is 1. The molecule has 1 N–H and O–H groups in total. The van der Waals surface area contributed by atoms with Crippen molar-refractivity contribution in [1.82, 2.24) is 10.2 Å². The van der Waals surface area contributed by atoms with Gasteiger partial charge in [0.25, 0.3) is 17.7 Å². The molecule has 3 rings (SSSR count). The molecule has 1 aromatic rings. The van der Waals surface area contributed by atoms with Gasteiger partial charge in [0, 0.05) is 6.04 Å². The van der Waals surface area contributed by atoms with E-state index in [0.29, 0.717) is 0 Å². The molecule has 2 aliphatic rings. The highest BCUT2D eigenvalue weighted by atomic mass is 16.5. The van der Waals surface area contributed by atoms with Gasteiger partial charge in [-0.2, -0.15) is 0 Å². The van der Waals surface area contributed by atoms with Crippen molar-refractivity contribution in [3.05, 3.63) is 35.4 Å². The van der Waals surface area contributed by atoms with Crippen molar-refractivity contribution in [2.45, 2.75) is 44.9 Å². The molecule has 1 aliphatic heterocycles. The number of carbonyl (C=O) groups excluding carboxylic acids is 4. The zero-order valence-corrected chi connectivity index (χ0v) is 13.4. The van der Waals surface area contributed by atoms with E-state index in [-0.39, 0.29) is 23.1 Å². The second kappa shape index (κ2) is 6.07. The van der Waals surface area contributed by atoms with Crippen LogP contribution >= 0.6 is 0 Å². The molecule has 3 amide bonds. The first-order valence-corrected chi connectivity index (χ1v) is 7.88. The van der Waals surface area contributed by atoms with Gasteiger partial charge in [0.05, 0.1) is 11.1 Å². The van der Waals surface area contributed by atoms with Gasteiger partial charge in [-0.05, 0) is 38.8 Å². The molecule has 7 heteroatoms. The summed E-state index contributed by atoms with van der Waals surface area (Å²) in [5, 5.41) is 2.74. The Labute approximate surface area is 139 Å². The van der Waals surface area contributed by atoms with E-state index in [9.17, 15) is 19.2 Å². The lowest BCUT2D eigenvalue weighted by Gasteiger charge is -2.22. The van der Waals surface area contributed by atoms with Crippen LogP contribution in [0, 0.1) is 0 Å². The number of hydrogen-bond acceptors (Lipinski definition) is 5. The molecule has 126 valence electrons. The van der Waals surface area contributed by atoms with Crippen LogP contribution in [0.15, 0.2) is 24.3 Å². The third kappa shape index (κ3) is 2.89. The van der Waals surface area contributed by atoms with Gasteiger partial charge in [0.2, 0.25) is 0 Å². The van der Waals surface area contributed by atoms with Crippen LogP contribution in [0.25, 0.3) is 0 Å². The molecule has 1 saturated carbocycles. The summed E-state index contributed by atoms with van der Waals surface area (Å²) < 4.78 is 5.11. The molecule has 1 aliphatic carbocycles. The van der Waals surface area contributed by atoms with Crippen LogP contribution in [-0.4, -0.2) is 46.8 Å². The third-order valence-electron chi connectivity index (χ3n) is 4.14. The van der Waals surface area contributed by atoms with Gasteiger partial charge in [-0.1, -0.05) is 12.1 Å². The van der Waals surface area contributed by atoms with Gasteiger partial charge in [0.1, 0.15) is 6.04 Å². The predicted octanol–water partition coefficient (Wildman–Crippen LogP) is 0.881. The summed E-state index contributed by atoms with van der Waals surface area (Å²) in [6.45, 7) is 2.88. The number of rotatable bonds is 5. The van der Waals surface area contributed by atoms with Crippen LogP contribution in [0.4, 0.5) is 0 Å². The van der Waals surface area contributed by atoms with E-state index in [1.807, 2.05) is 0 Å². The summed E-state index contributed by atoms with van der Waals surface area (Å²) in [6, 6.07) is 5.45. The molecule has 24 heavy (non-hydrogen) atoms. The first kappa shape index (κ1) is 16.2. The largest absolute Gasteiger partial charge is 0.451 e. The number of amides is 3. The van der Waals surface area contributed by atoms with Gasteiger partial charge < -0.3 is 10.1 Å². The monoisotopic (exact) mass is 330 g/mol. The van der Waals surface area contributed by atoms with Crippen molar-refractivity contribution in [3.63, 3.8) is 0 Å². The van der Waals surface area contributed by atoms with E-state index < -0.39 is 29.9 Å². The van der Waals surface area contributed by atoms with Crippen molar-refractivity contribution in [1.29, 1.82) is 0 Å². The third-order valence-corrected chi connectivity index (χ3v) is 4.14. The first-order valence-electron chi connectivity index (χ1n) is 7.88. The minimum atomic E-state index is -1.10. The fourth-order valence-corrected chi connectivity index (χ4v) is 2.54. The number of nitrogens with zero attached hydrogens (tertiary/aromatic N) is 1. The smallest absolute Gasteiger partial charge is 0.329 e. The summed E-state index contributed by atoms with van der Waals surface area (Å²) in [4.78, 5) is 49.6. The van der Waals surface area contributed by atoms with Crippen molar-refractivity contribution in [2.75, 3.05) is 0 Å². The van der Waals surface area contributed by atoms with E-state index >= 15 is 0 Å². The first-order chi connectivity index (χ1) is 11.4. The Kier molecular flexibility index (Phi) is 4.09. The average molecular weight is 330 g/mol. The quantitative estimate of drug-likeness (QED) is 0.639. The Bertz CT molecular complexity index is 690. The SMILES string of the molecule is C[C@H](OC(=O)[C@@H](C)N1C(=O)c2ccccc2C1=O)C(=O)NC1CC1. The second-order valence-electron chi connectivity index (χ2n) is 6.06. The maximum Gasteiger partial charge on any atom is 0.329 e. The highest BCUT2D eigenvalue weighted by molar-refractivity contribution is 6.22. The Balaban J connectivity index is 1.66. The van der Waals surface area contributed by atoms with E-state index in [1.165, 1.54) is 13.8 Å². The zero-order chi connectivity index (χ0) is 17.4. The number of benzene rings is 1. The van der Waals surface area contributed by atoms with Gasteiger partial charge in [0.15, 0.2) is 6.10 Å². The lowest BCUT2D eigenvalue weighted by atomic mass is 10.1. The normalized spacial score (nSPS) is 18.8. The van der Waals surface area contributed by atoms with Crippen LogP contribution in [0.3, 0.4) is 0 Å². The molecule has 0 bridgehead atoms. The minimum Gasteiger partial charge on any atom is -0.451 e. The number of fused-ring (bicyclic) bond motifs is 1. The second-order valence-corrected chi connectivity index (χ2v) is 6.06. The van der Waals surface area contributed by atoms with Crippen molar-refractivity contribution in [2.24, 2.45) is 0 Å². The molecule has 1 heterocycles. The topological polar surface area (TPSA) is 92.8 Å². The molecule has 7 nitrogen and oxygen atoms in total. The number of carbonyl (C=O) groups is 4. The highest BCUT2D eigenvalue weighted by Crippen LogP contribution is 2.25. The van der Waals surface area contributed by atoms with Gasteiger partial charge >= 0.3 is 5.97 Å². The molecular formula is C17H18N2O5. The van der Waals surface area contributed by atoms with E-state index in [4.69, 9.17) is 4.74 Å². The zero-order valence-electron chi connectivity index (χ0n) is 13.4. The van der Waals surface area contributed by atoms with Gasteiger partial charge in [-0.25, -0.2) is 4.79 Å². The molecule has 0 unspecified atom stereocenters. The van der Waals surface area contributed by atoms with Crippen LogP contribution in [0.1, 0.15) is 47.4 Å². The Hall–Kier alpha value is -2.70. The predicted molar refractivity (Wildman–Crippen MR) is 83.1 cm³/mol. The average Bonchev–Trinajstić information content (AvgIpc) is 3.34. The van der Waals surface area contributed by atoms with Crippen LogP contribution < -0.4 is 5.32 Å². The highest BCUT2D eigenvalue weighted by Gasteiger charge is 2.41. The molecule has 0 spiro atoms. The molecule has 0 aromatic heterocycles. The standard InChI is InChI=1S/C17H18N2O5/c1-9(17(23)24-10(2)14(20)18-11-7-8-11)19-15(21)12-5-3-4-6-13(12)16(19)22/h3-6,9-11H,7-8H2,1-2H3,(H,18,20)/t9-,10+/m1/s1. The Morgan fingerprint density at radius 1 is 1.12 bits per heavy atom. The lowest BCUT2D eigenvalue weighted by molar-refractivity contribution is -0.158. The lowest BCUT2D eigenvalue weighted by Crippen LogP contribution is -2.46. The molecule has 1 aromatic carbocycles. The van der Waals surface area contributed by atoms with E-state index in [0.717, 1.165) is 17.7 Å². The molecular weight excluding hydrogens is 312 g/mol. The fourth-order valence-electron chi connectivity index (χ4n) is 2.54. The minimum absolute atomic E-state index is 0.160. The number of esters is 1. The molecule has 2 atom stereocenters. The number of hydrogen-bond donors (Lipinski definition) is 1. The number of imide groups is 1. The van der Waals surface area contributed by atoms with Crippen LogP contribution in [0.2, 0.25) is 0 Å². The van der Waals surface area contributed by atoms with Crippen LogP contribution in [-0.2, 0) is 14.3 Å². The van der Waals surface area contributed by atoms with Crippen LogP contribution in [0.5, 0.6) is 0 Å². The number of ether oxygens (including phenoxy) is 1. The summed E-state index contributed by atoms with van der Waals surface area (Å²) in [5.41, 5.74) is 0.531. The summed E-state index contributed by atoms with van der Waals surface area (Å²) >= 11 is 0. The molecule has 1 fully saturated rings. The van der Waals surface area contributed by atoms with Crippen molar-refractivity contribution < 1.29 is 23.9 Å². The maximum atomic E-state index is 12.3. The van der Waals surface area contributed by atoms with E-state index in [2.05, 4.69) is 5.32 Å². The Morgan fingerprint density at radius 2 is 1.67 bits per heavy atom. The van der Waals surface area contributed by atoms with Gasteiger partial charge in [-0.15, -0.1) is 0 Å². The fraction of sp³-hybridized carbons (Fsp3) is 0.412. The maximum absolute atomic E-state index is 12.3. The van der Waals surface area contributed by atoms with Gasteiger partial charge in [-0.3, -0.25) is 19.3 Å². The summed E-state index contributed by atoms with van der Waals surface area (Å²) in [7, 11) is 0. The summed E-state index contributed by atoms with van der Waals surface area (Å²) in [5.74, 6) is -2.23. The summed E-state index contributed by atoms with van der Waals surface area (Å²) in [6.07, 6.45) is 0.881.